The number of benzene rings is 3. The Morgan fingerprint density at radius 3 is 2.59 bits per heavy atom. The van der Waals surface area contributed by atoms with Gasteiger partial charge in [0, 0.05) is 17.1 Å². The average Bonchev–Trinajstić information content (AvgIpc) is 2.70. The molecule has 138 valence electrons. The predicted octanol–water partition coefficient (Wildman–Crippen LogP) is 4.28. The molecule has 5 nitrogen and oxygen atoms in total. The summed E-state index contributed by atoms with van der Waals surface area (Å²) in [5, 5.41) is 8.68. The van der Waals surface area contributed by atoms with Crippen LogP contribution < -0.4 is 10.1 Å². The first-order valence-corrected chi connectivity index (χ1v) is 9.15. The number of carbonyl (C=O) groups is 1. The van der Waals surface area contributed by atoms with Gasteiger partial charge in [-0.25, -0.2) is 0 Å². The van der Waals surface area contributed by atoms with E-state index in [1.54, 1.807) is 7.05 Å². The molecule has 1 N–H and O–H groups in total. The lowest BCUT2D eigenvalue weighted by atomic mass is 10.0. The molecular formula is C21H19BrN2O3. The quantitative estimate of drug-likeness (QED) is 0.472. The molecule has 0 aliphatic carbocycles. The summed E-state index contributed by atoms with van der Waals surface area (Å²) in [6.07, 6.45) is 0. The molecule has 0 spiro atoms. The number of nitrogens with one attached hydrogen (secondary N) is 1. The van der Waals surface area contributed by atoms with E-state index in [4.69, 9.17) is 9.57 Å². The predicted molar refractivity (Wildman–Crippen MR) is 110 cm³/mol. The minimum atomic E-state index is -0.319. The fraction of sp³-hybridized carbons (Fsp3) is 0.143. The Balaban J connectivity index is 1.85. The van der Waals surface area contributed by atoms with Gasteiger partial charge in [-0.3, -0.25) is 4.79 Å². The molecular weight excluding hydrogens is 408 g/mol. The third-order valence-electron chi connectivity index (χ3n) is 4.07. The van der Waals surface area contributed by atoms with Gasteiger partial charge >= 0.3 is 0 Å². The molecule has 3 aromatic rings. The number of oxime groups is 1. The van der Waals surface area contributed by atoms with Crippen LogP contribution in [0.4, 0.5) is 0 Å². The summed E-state index contributed by atoms with van der Waals surface area (Å²) in [6.45, 7) is 0.304. The lowest BCUT2D eigenvalue weighted by Crippen LogP contribution is -2.29. The van der Waals surface area contributed by atoms with Gasteiger partial charge in [0.05, 0.1) is 0 Å². The molecule has 1 amide bonds. The van der Waals surface area contributed by atoms with E-state index in [0.717, 1.165) is 26.6 Å². The van der Waals surface area contributed by atoms with Crippen LogP contribution >= 0.6 is 15.9 Å². The highest BCUT2D eigenvalue weighted by molar-refractivity contribution is 9.10. The first-order valence-electron chi connectivity index (χ1n) is 8.36. The zero-order chi connectivity index (χ0) is 19.2. The van der Waals surface area contributed by atoms with Crippen molar-refractivity contribution in [1.82, 2.24) is 5.32 Å². The van der Waals surface area contributed by atoms with Crippen LogP contribution in [-0.2, 0) is 16.2 Å². The number of nitrogens with zero attached hydrogens (tertiary/aromatic N) is 1. The van der Waals surface area contributed by atoms with Crippen LogP contribution in [0.5, 0.6) is 5.75 Å². The summed E-state index contributed by atoms with van der Waals surface area (Å²) < 4.78 is 7.01. The second-order valence-electron chi connectivity index (χ2n) is 5.80. The van der Waals surface area contributed by atoms with Crippen LogP contribution in [0.15, 0.2) is 70.3 Å². The Labute approximate surface area is 166 Å². The Kier molecular flexibility index (Phi) is 6.08. The van der Waals surface area contributed by atoms with Crippen LogP contribution in [-0.4, -0.2) is 25.8 Å². The van der Waals surface area contributed by atoms with Gasteiger partial charge in [-0.1, -0.05) is 57.5 Å². The monoisotopic (exact) mass is 426 g/mol. The molecule has 0 aromatic heterocycles. The summed E-state index contributed by atoms with van der Waals surface area (Å²) >= 11 is 3.48. The van der Waals surface area contributed by atoms with Crippen molar-refractivity contribution in [3.8, 4) is 5.75 Å². The van der Waals surface area contributed by atoms with Crippen LogP contribution in [0.1, 0.15) is 11.1 Å². The number of hydrogen-bond donors (Lipinski definition) is 1. The largest absolute Gasteiger partial charge is 0.489 e. The van der Waals surface area contributed by atoms with Crippen molar-refractivity contribution in [2.24, 2.45) is 5.16 Å². The van der Waals surface area contributed by atoms with E-state index in [1.807, 2.05) is 54.6 Å². The number of carbonyl (C=O) groups excluding carboxylic acids is 1. The van der Waals surface area contributed by atoms with Gasteiger partial charge in [-0.05, 0) is 40.6 Å². The van der Waals surface area contributed by atoms with Crippen LogP contribution in [0.2, 0.25) is 0 Å². The molecule has 3 aromatic carbocycles. The molecule has 0 saturated heterocycles. The lowest BCUT2D eigenvalue weighted by molar-refractivity contribution is -0.114. The molecule has 0 bridgehead atoms. The van der Waals surface area contributed by atoms with E-state index < -0.39 is 0 Å². The van der Waals surface area contributed by atoms with Crippen molar-refractivity contribution < 1.29 is 14.4 Å². The highest BCUT2D eigenvalue weighted by Gasteiger charge is 2.17. The molecule has 0 fully saturated rings. The van der Waals surface area contributed by atoms with Gasteiger partial charge in [-0.15, -0.1) is 0 Å². The van der Waals surface area contributed by atoms with Gasteiger partial charge in [0.1, 0.15) is 19.5 Å². The van der Waals surface area contributed by atoms with Gasteiger partial charge in [0.25, 0.3) is 5.91 Å². The van der Waals surface area contributed by atoms with Crippen LogP contribution in [0.3, 0.4) is 0 Å². The number of likely N-dealkylation sites (N-methyl/N-ethyl adjacent to an activating group) is 1. The molecule has 27 heavy (non-hydrogen) atoms. The van der Waals surface area contributed by atoms with E-state index >= 15 is 0 Å². The van der Waals surface area contributed by atoms with E-state index in [2.05, 4.69) is 32.5 Å². The molecule has 6 heteroatoms. The highest BCUT2D eigenvalue weighted by atomic mass is 79.9. The second-order valence-corrected chi connectivity index (χ2v) is 6.72. The zero-order valence-corrected chi connectivity index (χ0v) is 16.6. The Hall–Kier alpha value is -2.86. The summed E-state index contributed by atoms with van der Waals surface area (Å²) in [5.74, 6) is 0.436. The van der Waals surface area contributed by atoms with Gasteiger partial charge in [-0.2, -0.15) is 0 Å². The number of halogens is 1. The molecule has 0 radical (unpaired) electrons. The maximum Gasteiger partial charge on any atom is 0.273 e. The molecule has 0 saturated carbocycles. The van der Waals surface area contributed by atoms with E-state index in [9.17, 15) is 4.79 Å². The van der Waals surface area contributed by atoms with E-state index in [0.29, 0.717) is 12.2 Å². The number of rotatable bonds is 6. The molecule has 3 rings (SSSR count). The third kappa shape index (κ3) is 4.46. The second kappa shape index (κ2) is 8.68. The minimum Gasteiger partial charge on any atom is -0.489 e. The smallest absolute Gasteiger partial charge is 0.273 e. The fourth-order valence-electron chi connectivity index (χ4n) is 2.75. The average molecular weight is 427 g/mol. The molecule has 0 unspecified atom stereocenters. The molecule has 0 aliphatic rings. The third-order valence-corrected chi connectivity index (χ3v) is 4.56. The minimum absolute atomic E-state index is 0.211. The standard InChI is InChI=1S/C21H19BrN2O3/c1-23-21(25)20(24-26-2)19-6-4-3-5-16(19)13-27-18-10-8-14-11-17(22)9-7-15(14)12-18/h3-12H,13H2,1-2H3,(H,23,25)/b24-20-. The van der Waals surface area contributed by atoms with Gasteiger partial charge in [0.2, 0.25) is 0 Å². The topological polar surface area (TPSA) is 59.9 Å². The van der Waals surface area contributed by atoms with Crippen molar-refractivity contribution in [3.63, 3.8) is 0 Å². The number of ether oxygens (including phenoxy) is 1. The number of hydrogen-bond acceptors (Lipinski definition) is 4. The lowest BCUT2D eigenvalue weighted by Gasteiger charge is -2.12. The molecule has 0 aliphatic heterocycles. The maximum absolute atomic E-state index is 12.1. The normalized spacial score (nSPS) is 11.3. The van der Waals surface area contributed by atoms with Crippen molar-refractivity contribution >= 4 is 38.3 Å². The van der Waals surface area contributed by atoms with E-state index in [1.165, 1.54) is 7.11 Å². The SMILES string of the molecule is CNC(=O)/C(=N\OC)c1ccccc1COc1ccc2cc(Br)ccc2c1. The molecule has 0 heterocycles. The van der Waals surface area contributed by atoms with Crippen molar-refractivity contribution in [2.45, 2.75) is 6.61 Å². The summed E-state index contributed by atoms with van der Waals surface area (Å²) in [7, 11) is 2.97. The molecule has 0 atom stereocenters. The van der Waals surface area contributed by atoms with Gasteiger partial charge in [0.15, 0.2) is 5.71 Å². The van der Waals surface area contributed by atoms with Crippen LogP contribution in [0.25, 0.3) is 10.8 Å². The fourth-order valence-corrected chi connectivity index (χ4v) is 3.12. The summed E-state index contributed by atoms with van der Waals surface area (Å²) in [4.78, 5) is 17.0. The van der Waals surface area contributed by atoms with Crippen LogP contribution in [0, 0.1) is 0 Å². The Bertz CT molecular complexity index is 1000. The Morgan fingerprint density at radius 2 is 1.81 bits per heavy atom. The summed E-state index contributed by atoms with van der Waals surface area (Å²) in [6, 6.07) is 19.5. The zero-order valence-electron chi connectivity index (χ0n) is 15.0. The summed E-state index contributed by atoms with van der Waals surface area (Å²) in [5.41, 5.74) is 1.72. The number of fused-ring (bicyclic) bond motifs is 1. The van der Waals surface area contributed by atoms with Crippen molar-refractivity contribution in [3.05, 3.63) is 76.3 Å². The maximum atomic E-state index is 12.1. The van der Waals surface area contributed by atoms with Crippen molar-refractivity contribution in [1.29, 1.82) is 0 Å². The first-order chi connectivity index (χ1) is 13.1. The van der Waals surface area contributed by atoms with E-state index in [-0.39, 0.29) is 11.6 Å². The number of amides is 1. The van der Waals surface area contributed by atoms with Crippen molar-refractivity contribution in [2.75, 3.05) is 14.2 Å². The van der Waals surface area contributed by atoms with Gasteiger partial charge < -0.3 is 14.9 Å². The Morgan fingerprint density at radius 1 is 1.07 bits per heavy atom. The highest BCUT2D eigenvalue weighted by Crippen LogP contribution is 2.25. The first kappa shape index (κ1) is 18.9.